The number of nitrogens with zero attached hydrogens (tertiary/aromatic N) is 3. The molecule has 2 N–H and O–H groups in total. The van der Waals surface area contributed by atoms with Crippen LogP contribution in [0.3, 0.4) is 0 Å². The van der Waals surface area contributed by atoms with E-state index in [9.17, 15) is 10.2 Å². The average molecular weight is 199 g/mol. The number of aryl methyl sites for hydroxylation is 1. The van der Waals surface area contributed by atoms with E-state index in [0.717, 1.165) is 0 Å². The summed E-state index contributed by atoms with van der Waals surface area (Å²) in [7, 11) is 1.76. The van der Waals surface area contributed by atoms with Crippen LogP contribution in [-0.4, -0.2) is 30.6 Å². The van der Waals surface area contributed by atoms with Crippen molar-refractivity contribution < 1.29 is 10.2 Å². The Kier molecular flexibility index (Phi) is 2.92. The molecule has 2 atom stereocenters. The fourth-order valence-corrected chi connectivity index (χ4v) is 1.13. The summed E-state index contributed by atoms with van der Waals surface area (Å²) in [5, 5.41) is 27.4. The number of aliphatic hydroxyl groups is 2. The Labute approximate surface area is 83.4 Å². The first-order valence-electron chi connectivity index (χ1n) is 4.66. The van der Waals surface area contributed by atoms with Gasteiger partial charge in [0.1, 0.15) is 11.9 Å². The van der Waals surface area contributed by atoms with Crippen molar-refractivity contribution in [1.29, 1.82) is 0 Å². The summed E-state index contributed by atoms with van der Waals surface area (Å²) in [4.78, 5) is 0. The van der Waals surface area contributed by atoms with Crippen LogP contribution in [0.25, 0.3) is 0 Å². The molecule has 0 bridgehead atoms. The van der Waals surface area contributed by atoms with E-state index >= 15 is 0 Å². The highest BCUT2D eigenvalue weighted by Gasteiger charge is 2.33. The molecule has 0 saturated heterocycles. The van der Waals surface area contributed by atoms with Gasteiger partial charge in [-0.05, 0) is 20.3 Å². The van der Waals surface area contributed by atoms with Gasteiger partial charge in [-0.3, -0.25) is 0 Å². The maximum absolute atomic E-state index is 9.87. The van der Waals surface area contributed by atoms with Gasteiger partial charge in [0.05, 0.1) is 5.60 Å². The molecule has 0 saturated carbocycles. The Morgan fingerprint density at radius 1 is 1.50 bits per heavy atom. The summed E-state index contributed by atoms with van der Waals surface area (Å²) in [6.45, 7) is 5.19. The van der Waals surface area contributed by atoms with Gasteiger partial charge >= 0.3 is 0 Å². The van der Waals surface area contributed by atoms with Gasteiger partial charge in [0, 0.05) is 7.05 Å². The van der Waals surface area contributed by atoms with E-state index in [0.29, 0.717) is 18.1 Å². The summed E-state index contributed by atoms with van der Waals surface area (Å²) < 4.78 is 1.68. The highest BCUT2D eigenvalue weighted by atomic mass is 16.3. The molecule has 1 rings (SSSR count). The van der Waals surface area contributed by atoms with E-state index in [1.165, 1.54) is 0 Å². The summed E-state index contributed by atoms with van der Waals surface area (Å²) in [6, 6.07) is 0. The van der Waals surface area contributed by atoms with Crippen LogP contribution in [0.4, 0.5) is 0 Å². The summed E-state index contributed by atoms with van der Waals surface area (Å²) in [6.07, 6.45) is -0.543. The van der Waals surface area contributed by atoms with Crippen LogP contribution in [0.2, 0.25) is 0 Å². The van der Waals surface area contributed by atoms with Gasteiger partial charge < -0.3 is 14.8 Å². The second-order valence-corrected chi connectivity index (χ2v) is 3.78. The summed E-state index contributed by atoms with van der Waals surface area (Å²) >= 11 is 0. The third kappa shape index (κ3) is 1.78. The third-order valence-electron chi connectivity index (χ3n) is 2.68. The Morgan fingerprint density at radius 3 is 2.43 bits per heavy atom. The van der Waals surface area contributed by atoms with E-state index in [1.807, 2.05) is 6.92 Å². The van der Waals surface area contributed by atoms with Gasteiger partial charge in [0.15, 0.2) is 5.82 Å². The molecule has 0 fully saturated rings. The molecule has 0 aliphatic heterocycles. The van der Waals surface area contributed by atoms with Crippen molar-refractivity contribution in [3.8, 4) is 0 Å². The predicted octanol–water partition coefficient (Wildman–Crippen LogP) is 0.318. The molecule has 0 aliphatic carbocycles. The molecule has 14 heavy (non-hydrogen) atoms. The fourth-order valence-electron chi connectivity index (χ4n) is 1.13. The standard InChI is InChI=1S/C9H17N3O2/c1-5-9(3,14)7(13)8-11-10-6(2)12(8)4/h7,13-14H,5H2,1-4H3. The molecule has 5 nitrogen and oxygen atoms in total. The van der Waals surface area contributed by atoms with E-state index in [1.54, 1.807) is 25.5 Å². The molecule has 0 aliphatic rings. The number of aromatic nitrogens is 3. The largest absolute Gasteiger partial charge is 0.387 e. The first-order chi connectivity index (χ1) is 6.40. The normalized spacial score (nSPS) is 17.9. The second kappa shape index (κ2) is 3.67. The molecule has 1 aromatic heterocycles. The number of rotatable bonds is 3. The number of aliphatic hydroxyl groups excluding tert-OH is 1. The smallest absolute Gasteiger partial charge is 0.164 e. The van der Waals surface area contributed by atoms with Crippen LogP contribution < -0.4 is 0 Å². The topological polar surface area (TPSA) is 71.2 Å². The molecule has 0 radical (unpaired) electrons. The lowest BCUT2D eigenvalue weighted by atomic mass is 9.95. The zero-order chi connectivity index (χ0) is 10.9. The summed E-state index contributed by atoms with van der Waals surface area (Å²) in [5.41, 5.74) is -1.16. The molecule has 1 aromatic rings. The Balaban J connectivity index is 3.00. The van der Waals surface area contributed by atoms with Gasteiger partial charge in [-0.15, -0.1) is 10.2 Å². The predicted molar refractivity (Wildman–Crippen MR) is 51.6 cm³/mol. The zero-order valence-corrected chi connectivity index (χ0v) is 9.02. The first-order valence-corrected chi connectivity index (χ1v) is 4.66. The first kappa shape index (κ1) is 11.1. The minimum Gasteiger partial charge on any atom is -0.387 e. The molecule has 5 heteroatoms. The maximum Gasteiger partial charge on any atom is 0.164 e. The van der Waals surface area contributed by atoms with E-state index in [2.05, 4.69) is 10.2 Å². The van der Waals surface area contributed by atoms with Crippen molar-refractivity contribution in [3.63, 3.8) is 0 Å². The van der Waals surface area contributed by atoms with Crippen LogP contribution in [-0.2, 0) is 7.05 Å². The quantitative estimate of drug-likeness (QED) is 0.735. The van der Waals surface area contributed by atoms with Crippen LogP contribution in [0.15, 0.2) is 0 Å². The van der Waals surface area contributed by atoms with Crippen molar-refractivity contribution in [2.24, 2.45) is 7.05 Å². The highest BCUT2D eigenvalue weighted by Crippen LogP contribution is 2.26. The zero-order valence-electron chi connectivity index (χ0n) is 9.02. The van der Waals surface area contributed by atoms with Crippen molar-refractivity contribution in [2.75, 3.05) is 0 Å². The van der Waals surface area contributed by atoms with Gasteiger partial charge in [0.2, 0.25) is 0 Å². The van der Waals surface area contributed by atoms with Crippen molar-refractivity contribution in [2.45, 2.75) is 38.9 Å². The van der Waals surface area contributed by atoms with Crippen molar-refractivity contribution in [3.05, 3.63) is 11.6 Å². The fraction of sp³-hybridized carbons (Fsp3) is 0.778. The van der Waals surface area contributed by atoms with Gasteiger partial charge in [-0.2, -0.15) is 0 Å². The average Bonchev–Trinajstić information content (AvgIpc) is 2.47. The number of hydrogen-bond donors (Lipinski definition) is 2. The molecule has 1 heterocycles. The lowest BCUT2D eigenvalue weighted by Gasteiger charge is -2.26. The highest BCUT2D eigenvalue weighted by molar-refractivity contribution is 5.02. The monoisotopic (exact) mass is 199 g/mol. The van der Waals surface area contributed by atoms with E-state index in [-0.39, 0.29) is 0 Å². The van der Waals surface area contributed by atoms with Crippen LogP contribution in [0.1, 0.15) is 38.0 Å². The molecule has 2 unspecified atom stereocenters. The SMILES string of the molecule is CCC(C)(O)C(O)c1nnc(C)n1C. The third-order valence-corrected chi connectivity index (χ3v) is 2.68. The van der Waals surface area contributed by atoms with Crippen molar-refractivity contribution >= 4 is 0 Å². The van der Waals surface area contributed by atoms with E-state index in [4.69, 9.17) is 0 Å². The van der Waals surface area contributed by atoms with E-state index < -0.39 is 11.7 Å². The maximum atomic E-state index is 9.87. The van der Waals surface area contributed by atoms with Crippen LogP contribution in [0.5, 0.6) is 0 Å². The van der Waals surface area contributed by atoms with Crippen molar-refractivity contribution in [1.82, 2.24) is 14.8 Å². The molecule has 0 amide bonds. The Hall–Kier alpha value is -0.940. The second-order valence-electron chi connectivity index (χ2n) is 3.78. The lowest BCUT2D eigenvalue weighted by Crippen LogP contribution is -2.33. The van der Waals surface area contributed by atoms with Crippen LogP contribution in [0, 0.1) is 6.92 Å². The lowest BCUT2D eigenvalue weighted by molar-refractivity contribution is -0.0711. The molecule has 0 aromatic carbocycles. The molecular formula is C9H17N3O2. The Bertz CT molecular complexity index is 320. The minimum absolute atomic E-state index is 0.398. The summed E-state index contributed by atoms with van der Waals surface area (Å²) in [5.74, 6) is 1.11. The molecular weight excluding hydrogens is 182 g/mol. The number of hydrogen-bond acceptors (Lipinski definition) is 4. The van der Waals surface area contributed by atoms with Gasteiger partial charge in [0.25, 0.3) is 0 Å². The van der Waals surface area contributed by atoms with Gasteiger partial charge in [-0.1, -0.05) is 6.92 Å². The molecule has 0 spiro atoms. The Morgan fingerprint density at radius 2 is 2.07 bits per heavy atom. The minimum atomic E-state index is -1.16. The molecule has 80 valence electrons. The van der Waals surface area contributed by atoms with Gasteiger partial charge in [-0.25, -0.2) is 0 Å². The van der Waals surface area contributed by atoms with Crippen LogP contribution >= 0.6 is 0 Å².